The van der Waals surface area contributed by atoms with E-state index in [1.54, 1.807) is 0 Å². The quantitative estimate of drug-likeness (QED) is 0.779. The predicted octanol–water partition coefficient (Wildman–Crippen LogP) is 3.39. The Morgan fingerprint density at radius 1 is 1.64 bits per heavy atom. The minimum Gasteiger partial charge on any atom is -0.253 e. The van der Waals surface area contributed by atoms with Crippen molar-refractivity contribution in [3.63, 3.8) is 0 Å². The van der Waals surface area contributed by atoms with Gasteiger partial charge in [0.2, 0.25) is 0 Å². The van der Waals surface area contributed by atoms with Crippen molar-refractivity contribution in [3.05, 3.63) is 27.5 Å². The van der Waals surface area contributed by atoms with Crippen LogP contribution in [0, 0.1) is 11.3 Å². The maximum absolute atomic E-state index is 12.4. The highest BCUT2D eigenvalue weighted by molar-refractivity contribution is 9.10. The van der Waals surface area contributed by atoms with E-state index in [1.807, 2.05) is 6.07 Å². The van der Waals surface area contributed by atoms with E-state index in [0.29, 0.717) is 5.56 Å². The van der Waals surface area contributed by atoms with Crippen molar-refractivity contribution in [1.82, 2.24) is 4.98 Å². The summed E-state index contributed by atoms with van der Waals surface area (Å²) in [5.74, 6) is -0.00822. The topological polar surface area (TPSA) is 36.7 Å². The third kappa shape index (κ3) is 2.02. The van der Waals surface area contributed by atoms with Crippen LogP contribution in [0.15, 0.2) is 10.7 Å². The summed E-state index contributed by atoms with van der Waals surface area (Å²) in [6, 6.07) is 1.83. The fourth-order valence-corrected chi connectivity index (χ4v) is 1.99. The molecule has 0 spiro atoms. The van der Waals surface area contributed by atoms with Crippen LogP contribution in [0.25, 0.3) is 0 Å². The zero-order valence-electron chi connectivity index (χ0n) is 6.77. The lowest BCUT2D eigenvalue weighted by Gasteiger charge is -2.07. The van der Waals surface area contributed by atoms with Gasteiger partial charge in [0.25, 0.3) is 6.43 Å². The maximum atomic E-state index is 12.4. The molecule has 0 radical (unpaired) electrons. The van der Waals surface area contributed by atoms with Gasteiger partial charge in [-0.15, -0.1) is 11.6 Å². The van der Waals surface area contributed by atoms with Gasteiger partial charge < -0.3 is 0 Å². The van der Waals surface area contributed by atoms with Crippen molar-refractivity contribution >= 4 is 27.5 Å². The van der Waals surface area contributed by atoms with Gasteiger partial charge in [-0.3, -0.25) is 4.98 Å². The van der Waals surface area contributed by atoms with Gasteiger partial charge in [0.1, 0.15) is 11.8 Å². The summed E-state index contributed by atoms with van der Waals surface area (Å²) in [6.07, 6.45) is -1.58. The van der Waals surface area contributed by atoms with Crippen LogP contribution in [0.1, 0.15) is 23.2 Å². The summed E-state index contributed by atoms with van der Waals surface area (Å²) in [4.78, 5) is 3.48. The van der Waals surface area contributed by atoms with Crippen LogP contribution >= 0.6 is 27.5 Å². The number of aromatic nitrogens is 1. The average Bonchev–Trinajstić information content (AvgIpc) is 2.16. The van der Waals surface area contributed by atoms with E-state index < -0.39 is 6.43 Å². The number of rotatable bonds is 2. The summed E-state index contributed by atoms with van der Waals surface area (Å²) in [5.41, 5.74) is 0.162. The molecule has 0 aliphatic heterocycles. The van der Waals surface area contributed by atoms with Crippen molar-refractivity contribution < 1.29 is 8.78 Å². The van der Waals surface area contributed by atoms with Crippen molar-refractivity contribution in [2.45, 2.75) is 12.3 Å². The van der Waals surface area contributed by atoms with E-state index in [9.17, 15) is 8.78 Å². The van der Waals surface area contributed by atoms with E-state index in [1.165, 1.54) is 0 Å². The van der Waals surface area contributed by atoms with E-state index in [2.05, 4.69) is 20.9 Å². The Morgan fingerprint density at radius 2 is 2.29 bits per heavy atom. The highest BCUT2D eigenvalue weighted by Crippen LogP contribution is 2.30. The van der Waals surface area contributed by atoms with Gasteiger partial charge in [0, 0.05) is 17.6 Å². The van der Waals surface area contributed by atoms with Gasteiger partial charge in [0.15, 0.2) is 0 Å². The molecule has 0 atom stereocenters. The minimum atomic E-state index is -2.68. The lowest BCUT2D eigenvalue weighted by molar-refractivity contribution is 0.145. The molecule has 0 fully saturated rings. The molecule has 0 saturated carbocycles. The largest absolute Gasteiger partial charge is 0.281 e. The Bertz CT molecular complexity index is 390. The number of hydrogen-bond acceptors (Lipinski definition) is 2. The molecule has 1 aromatic heterocycles. The predicted molar refractivity (Wildman–Crippen MR) is 51.2 cm³/mol. The summed E-state index contributed by atoms with van der Waals surface area (Å²) < 4.78 is 24.8. The molecular formula is C8H4BrClF2N2. The summed E-state index contributed by atoms with van der Waals surface area (Å²) in [6.45, 7) is 0. The zero-order chi connectivity index (χ0) is 10.7. The summed E-state index contributed by atoms with van der Waals surface area (Å²) in [5, 5.41) is 8.65. The molecule has 0 unspecified atom stereocenters. The molecule has 0 aliphatic rings. The van der Waals surface area contributed by atoms with Crippen LogP contribution < -0.4 is 0 Å². The standard InChI is InChI=1S/C8H4BrClF2N2/c9-6-5(1-10)4(2-13)3-14-7(6)8(11)12/h3,8H,1H2. The molecule has 6 heteroatoms. The third-order valence-corrected chi connectivity index (χ3v) is 2.76. The molecule has 0 bridgehead atoms. The molecule has 74 valence electrons. The lowest BCUT2D eigenvalue weighted by Crippen LogP contribution is -1.98. The third-order valence-electron chi connectivity index (χ3n) is 1.61. The molecule has 0 aliphatic carbocycles. The number of pyridine rings is 1. The Morgan fingerprint density at radius 3 is 2.71 bits per heavy atom. The second kappa shape index (κ2) is 4.67. The van der Waals surface area contributed by atoms with Crippen molar-refractivity contribution in [3.8, 4) is 6.07 Å². The Balaban J connectivity index is 3.37. The van der Waals surface area contributed by atoms with E-state index in [0.717, 1.165) is 6.20 Å². The van der Waals surface area contributed by atoms with Crippen LogP contribution in [0.5, 0.6) is 0 Å². The molecule has 0 amide bonds. The van der Waals surface area contributed by atoms with Crippen LogP contribution in [0.3, 0.4) is 0 Å². The first kappa shape index (κ1) is 11.3. The number of hydrogen-bond donors (Lipinski definition) is 0. The fourth-order valence-electron chi connectivity index (χ4n) is 0.921. The van der Waals surface area contributed by atoms with Gasteiger partial charge in [-0.1, -0.05) is 0 Å². The summed E-state index contributed by atoms with van der Waals surface area (Å²) >= 11 is 8.49. The fraction of sp³-hybridized carbons (Fsp3) is 0.250. The van der Waals surface area contributed by atoms with Gasteiger partial charge >= 0.3 is 0 Å². The van der Waals surface area contributed by atoms with Crippen molar-refractivity contribution in [1.29, 1.82) is 5.26 Å². The van der Waals surface area contributed by atoms with Crippen LogP contribution in [0.2, 0.25) is 0 Å². The Kier molecular flexibility index (Phi) is 3.78. The van der Waals surface area contributed by atoms with Gasteiger partial charge in [0.05, 0.1) is 10.0 Å². The lowest BCUT2D eigenvalue weighted by atomic mass is 10.1. The van der Waals surface area contributed by atoms with Gasteiger partial charge in [-0.25, -0.2) is 8.78 Å². The number of nitriles is 1. The molecule has 2 nitrogen and oxygen atoms in total. The smallest absolute Gasteiger partial charge is 0.253 e. The van der Waals surface area contributed by atoms with Crippen molar-refractivity contribution in [2.24, 2.45) is 0 Å². The number of nitrogens with zero attached hydrogens (tertiary/aromatic N) is 2. The van der Waals surface area contributed by atoms with Gasteiger partial charge in [-0.2, -0.15) is 5.26 Å². The Labute approximate surface area is 92.6 Å². The van der Waals surface area contributed by atoms with Crippen LogP contribution in [-0.2, 0) is 5.88 Å². The molecule has 1 aromatic rings. The Hall–Kier alpha value is -0.730. The van der Waals surface area contributed by atoms with Crippen molar-refractivity contribution in [2.75, 3.05) is 0 Å². The van der Waals surface area contributed by atoms with Gasteiger partial charge in [-0.05, 0) is 15.9 Å². The highest BCUT2D eigenvalue weighted by atomic mass is 79.9. The second-order valence-electron chi connectivity index (χ2n) is 2.40. The molecule has 1 heterocycles. The highest BCUT2D eigenvalue weighted by Gasteiger charge is 2.18. The molecule has 0 aromatic carbocycles. The molecule has 14 heavy (non-hydrogen) atoms. The number of halogens is 4. The molecule has 1 rings (SSSR count). The normalized spacial score (nSPS) is 10.3. The first-order chi connectivity index (χ1) is 6.61. The zero-order valence-corrected chi connectivity index (χ0v) is 9.11. The van der Waals surface area contributed by atoms with E-state index in [4.69, 9.17) is 16.9 Å². The molecular weight excluding hydrogens is 277 g/mol. The number of alkyl halides is 3. The molecule has 0 N–H and O–H groups in total. The first-order valence-electron chi connectivity index (χ1n) is 3.53. The maximum Gasteiger partial charge on any atom is 0.281 e. The summed E-state index contributed by atoms with van der Waals surface area (Å²) in [7, 11) is 0. The minimum absolute atomic E-state index is 0.00822. The van der Waals surface area contributed by atoms with Crippen LogP contribution in [-0.4, -0.2) is 4.98 Å². The van der Waals surface area contributed by atoms with E-state index >= 15 is 0 Å². The molecule has 0 saturated heterocycles. The second-order valence-corrected chi connectivity index (χ2v) is 3.46. The SMILES string of the molecule is N#Cc1cnc(C(F)F)c(Br)c1CCl. The monoisotopic (exact) mass is 280 g/mol. The first-order valence-corrected chi connectivity index (χ1v) is 4.86. The van der Waals surface area contributed by atoms with Crippen LogP contribution in [0.4, 0.5) is 8.78 Å². The van der Waals surface area contributed by atoms with E-state index in [-0.39, 0.29) is 21.6 Å². The average molecular weight is 281 g/mol.